The molecule has 0 saturated heterocycles. The molecule has 19 heavy (non-hydrogen) atoms. The van der Waals surface area contributed by atoms with Gasteiger partial charge in [0.25, 0.3) is 0 Å². The fraction of sp³-hybridized carbons (Fsp3) is 0.533. The van der Waals surface area contributed by atoms with Crippen LogP contribution in [0.2, 0.25) is 0 Å². The molecule has 4 nitrogen and oxygen atoms in total. The largest absolute Gasteiger partial charge is 0.399 e. The monoisotopic (exact) mass is 261 g/mol. The Balaban J connectivity index is 1.97. The Bertz CT molecular complexity index is 459. The molecule has 1 aromatic carbocycles. The lowest BCUT2D eigenvalue weighted by molar-refractivity contribution is -0.122. The third kappa shape index (κ3) is 3.26. The van der Waals surface area contributed by atoms with Gasteiger partial charge in [0.2, 0.25) is 5.91 Å². The summed E-state index contributed by atoms with van der Waals surface area (Å²) in [5, 5.41) is 6.33. The molecule has 4 heteroatoms. The number of carbonyl (C=O) groups is 1. The average Bonchev–Trinajstić information content (AvgIpc) is 2.78. The predicted molar refractivity (Wildman–Crippen MR) is 77.8 cm³/mol. The summed E-state index contributed by atoms with van der Waals surface area (Å²) in [5.74, 6) is 0.0748. The second-order valence-electron chi connectivity index (χ2n) is 5.23. The first-order valence-corrected chi connectivity index (χ1v) is 7.04. The van der Waals surface area contributed by atoms with Crippen LogP contribution in [0.4, 0.5) is 5.69 Å². The van der Waals surface area contributed by atoms with E-state index in [9.17, 15) is 4.79 Å². The Labute approximate surface area is 114 Å². The van der Waals surface area contributed by atoms with E-state index in [1.807, 2.05) is 19.1 Å². The third-order valence-corrected chi connectivity index (χ3v) is 3.64. The number of fused-ring (bicyclic) bond motifs is 1. The normalized spacial score (nSPS) is 18.9. The Hall–Kier alpha value is -1.55. The van der Waals surface area contributed by atoms with E-state index in [0.717, 1.165) is 31.5 Å². The maximum absolute atomic E-state index is 11.9. The van der Waals surface area contributed by atoms with E-state index < -0.39 is 0 Å². The number of nitrogens with one attached hydrogen (secondary N) is 2. The van der Waals surface area contributed by atoms with E-state index >= 15 is 0 Å². The average molecular weight is 261 g/mol. The number of nitrogens with two attached hydrogens (primary N) is 1. The zero-order chi connectivity index (χ0) is 13.8. The highest BCUT2D eigenvalue weighted by atomic mass is 16.2. The van der Waals surface area contributed by atoms with Crippen molar-refractivity contribution in [2.24, 2.45) is 0 Å². The van der Waals surface area contributed by atoms with Crippen LogP contribution in [0.5, 0.6) is 0 Å². The van der Waals surface area contributed by atoms with Crippen LogP contribution < -0.4 is 16.4 Å². The molecule has 0 heterocycles. The zero-order valence-corrected chi connectivity index (χ0v) is 11.7. The number of hydrogen-bond acceptors (Lipinski definition) is 3. The van der Waals surface area contributed by atoms with E-state index in [1.165, 1.54) is 11.1 Å². The van der Waals surface area contributed by atoms with Gasteiger partial charge in [-0.1, -0.05) is 13.0 Å². The van der Waals surface area contributed by atoms with Crippen LogP contribution in [-0.4, -0.2) is 18.5 Å². The van der Waals surface area contributed by atoms with Crippen molar-refractivity contribution in [3.05, 3.63) is 29.3 Å². The second kappa shape index (κ2) is 6.06. The van der Waals surface area contributed by atoms with Crippen LogP contribution in [0.15, 0.2) is 18.2 Å². The molecule has 2 atom stereocenters. The van der Waals surface area contributed by atoms with E-state index in [-0.39, 0.29) is 18.0 Å². The van der Waals surface area contributed by atoms with Crippen molar-refractivity contribution < 1.29 is 4.79 Å². The summed E-state index contributed by atoms with van der Waals surface area (Å²) in [5.41, 5.74) is 9.20. The summed E-state index contributed by atoms with van der Waals surface area (Å²) in [7, 11) is 0. The first-order chi connectivity index (χ1) is 9.11. The van der Waals surface area contributed by atoms with Crippen molar-refractivity contribution in [3.63, 3.8) is 0 Å². The molecule has 0 spiro atoms. The van der Waals surface area contributed by atoms with E-state index in [0.29, 0.717) is 0 Å². The number of carbonyl (C=O) groups excluding carboxylic acids is 1. The van der Waals surface area contributed by atoms with Gasteiger partial charge >= 0.3 is 0 Å². The highest BCUT2D eigenvalue weighted by molar-refractivity contribution is 5.81. The number of nitrogen functional groups attached to an aromatic ring is 1. The smallest absolute Gasteiger partial charge is 0.236 e. The fourth-order valence-electron chi connectivity index (χ4n) is 2.59. The molecule has 1 aliphatic carbocycles. The highest BCUT2D eigenvalue weighted by Crippen LogP contribution is 2.32. The topological polar surface area (TPSA) is 67.2 Å². The van der Waals surface area contributed by atoms with Crippen molar-refractivity contribution in [2.75, 3.05) is 12.3 Å². The van der Waals surface area contributed by atoms with E-state index in [2.05, 4.69) is 23.6 Å². The Morgan fingerprint density at radius 2 is 2.32 bits per heavy atom. The molecule has 2 rings (SSSR count). The van der Waals surface area contributed by atoms with Gasteiger partial charge in [-0.2, -0.15) is 0 Å². The molecule has 1 aromatic rings. The van der Waals surface area contributed by atoms with Crippen molar-refractivity contribution >= 4 is 11.6 Å². The zero-order valence-electron chi connectivity index (χ0n) is 11.7. The minimum Gasteiger partial charge on any atom is -0.399 e. The van der Waals surface area contributed by atoms with Gasteiger partial charge in [0.15, 0.2) is 0 Å². The summed E-state index contributed by atoms with van der Waals surface area (Å²) in [6.07, 6.45) is 3.02. The molecule has 0 saturated carbocycles. The van der Waals surface area contributed by atoms with Gasteiger partial charge in [-0.25, -0.2) is 0 Å². The van der Waals surface area contributed by atoms with Crippen LogP contribution in [0.1, 0.15) is 43.9 Å². The lowest BCUT2D eigenvalue weighted by Gasteiger charge is -2.20. The number of aryl methyl sites for hydroxylation is 1. The Kier molecular flexibility index (Phi) is 4.43. The second-order valence-corrected chi connectivity index (χ2v) is 5.23. The molecular formula is C15H23N3O. The summed E-state index contributed by atoms with van der Waals surface area (Å²) < 4.78 is 0. The molecule has 1 amide bonds. The lowest BCUT2D eigenvalue weighted by Crippen LogP contribution is -2.43. The minimum atomic E-state index is -0.167. The molecule has 104 valence electrons. The van der Waals surface area contributed by atoms with Gasteiger partial charge in [0.05, 0.1) is 6.04 Å². The van der Waals surface area contributed by atoms with Gasteiger partial charge in [-0.15, -0.1) is 0 Å². The van der Waals surface area contributed by atoms with Gasteiger partial charge in [0, 0.05) is 18.3 Å². The number of anilines is 1. The molecule has 0 fully saturated rings. The van der Waals surface area contributed by atoms with Crippen molar-refractivity contribution in [3.8, 4) is 0 Å². The number of rotatable bonds is 5. The summed E-state index contributed by atoms with van der Waals surface area (Å²) in [4.78, 5) is 11.9. The number of amides is 1. The van der Waals surface area contributed by atoms with Crippen LogP contribution >= 0.6 is 0 Å². The summed E-state index contributed by atoms with van der Waals surface area (Å²) in [6, 6.07) is 6.14. The molecule has 0 bridgehead atoms. The maximum Gasteiger partial charge on any atom is 0.236 e. The molecule has 0 aliphatic heterocycles. The SMILES string of the molecule is CCCNC(=O)C(C)NC1CCc2cc(N)ccc21. The first-order valence-electron chi connectivity index (χ1n) is 7.04. The van der Waals surface area contributed by atoms with Crippen molar-refractivity contribution in [1.82, 2.24) is 10.6 Å². The van der Waals surface area contributed by atoms with Gasteiger partial charge in [0.1, 0.15) is 0 Å². The Morgan fingerprint density at radius 1 is 1.53 bits per heavy atom. The molecule has 0 aromatic heterocycles. The molecule has 4 N–H and O–H groups in total. The minimum absolute atomic E-state index is 0.0748. The quantitative estimate of drug-likeness (QED) is 0.708. The maximum atomic E-state index is 11.9. The molecular weight excluding hydrogens is 238 g/mol. The predicted octanol–water partition coefficient (Wildman–Crippen LogP) is 1.76. The van der Waals surface area contributed by atoms with Crippen molar-refractivity contribution in [2.45, 2.75) is 45.2 Å². The Morgan fingerprint density at radius 3 is 3.05 bits per heavy atom. The van der Waals surface area contributed by atoms with Gasteiger partial charge in [-0.05, 0) is 49.4 Å². The summed E-state index contributed by atoms with van der Waals surface area (Å²) in [6.45, 7) is 4.71. The summed E-state index contributed by atoms with van der Waals surface area (Å²) >= 11 is 0. The van der Waals surface area contributed by atoms with Crippen LogP contribution in [0.25, 0.3) is 0 Å². The molecule has 0 radical (unpaired) electrons. The standard InChI is InChI=1S/C15H23N3O/c1-3-8-17-15(19)10(2)18-14-7-4-11-9-12(16)5-6-13(11)14/h5-6,9-10,14,18H,3-4,7-8,16H2,1-2H3,(H,17,19). The van der Waals surface area contributed by atoms with Crippen LogP contribution in [-0.2, 0) is 11.2 Å². The first kappa shape index (κ1) is 13.9. The molecule has 1 aliphatic rings. The van der Waals surface area contributed by atoms with Crippen LogP contribution in [0.3, 0.4) is 0 Å². The lowest BCUT2D eigenvalue weighted by atomic mass is 10.1. The third-order valence-electron chi connectivity index (χ3n) is 3.64. The number of benzene rings is 1. The fourth-order valence-corrected chi connectivity index (χ4v) is 2.59. The van der Waals surface area contributed by atoms with Gasteiger partial charge in [-0.3, -0.25) is 10.1 Å². The number of hydrogen-bond donors (Lipinski definition) is 3. The molecule has 2 unspecified atom stereocenters. The van der Waals surface area contributed by atoms with Crippen LogP contribution in [0, 0.1) is 0 Å². The van der Waals surface area contributed by atoms with Gasteiger partial charge < -0.3 is 11.1 Å². The van der Waals surface area contributed by atoms with E-state index in [1.54, 1.807) is 0 Å². The highest BCUT2D eigenvalue weighted by Gasteiger charge is 2.25. The van der Waals surface area contributed by atoms with Crippen molar-refractivity contribution in [1.29, 1.82) is 0 Å². The van der Waals surface area contributed by atoms with E-state index in [4.69, 9.17) is 5.73 Å².